The molecule has 0 atom stereocenters. The molecule has 6 heteroatoms. The van der Waals surface area contributed by atoms with Gasteiger partial charge < -0.3 is 19.5 Å². The highest BCUT2D eigenvalue weighted by atomic mass is 16.5. The van der Waals surface area contributed by atoms with Crippen molar-refractivity contribution in [2.45, 2.75) is 13.1 Å². The summed E-state index contributed by atoms with van der Waals surface area (Å²) in [5, 5.41) is 3.35. The Kier molecular flexibility index (Phi) is 5.41. The molecular formula is C16H23N5O. The van der Waals surface area contributed by atoms with Gasteiger partial charge in [0.05, 0.1) is 13.7 Å². The van der Waals surface area contributed by atoms with E-state index in [-0.39, 0.29) is 0 Å². The first-order valence-electron chi connectivity index (χ1n) is 7.15. The molecular weight excluding hydrogens is 278 g/mol. The number of methoxy groups -OCH3 is 1. The minimum atomic E-state index is 0.617. The minimum absolute atomic E-state index is 0.617. The molecule has 2 rings (SSSR count). The van der Waals surface area contributed by atoms with E-state index in [0.29, 0.717) is 12.4 Å². The van der Waals surface area contributed by atoms with Crippen molar-refractivity contribution in [1.29, 1.82) is 0 Å². The van der Waals surface area contributed by atoms with Gasteiger partial charge in [0, 0.05) is 51.8 Å². The van der Waals surface area contributed by atoms with Crippen LogP contribution in [0.15, 0.2) is 41.7 Å². The van der Waals surface area contributed by atoms with Gasteiger partial charge in [-0.05, 0) is 23.8 Å². The van der Waals surface area contributed by atoms with Crippen LogP contribution in [-0.2, 0) is 20.1 Å². The molecule has 0 fully saturated rings. The van der Waals surface area contributed by atoms with Crippen molar-refractivity contribution >= 4 is 5.96 Å². The number of rotatable bonds is 5. The Balaban J connectivity index is 1.95. The lowest BCUT2D eigenvalue weighted by molar-refractivity contribution is 0.397. The predicted octanol–water partition coefficient (Wildman–Crippen LogP) is 1.64. The van der Waals surface area contributed by atoms with Crippen LogP contribution in [0.25, 0.3) is 0 Å². The van der Waals surface area contributed by atoms with Gasteiger partial charge in [0.1, 0.15) is 0 Å². The standard InChI is InChI=1S/C16H23N5O/c1-17-16(21(3)12-14-6-5-9-20(14)2)19-11-13-7-8-18-15(10-13)22-4/h5-10H,11-12H2,1-4H3,(H,17,19). The van der Waals surface area contributed by atoms with E-state index in [2.05, 4.69) is 30.8 Å². The molecule has 0 aliphatic heterocycles. The fraction of sp³-hybridized carbons (Fsp3) is 0.375. The number of hydrogen-bond acceptors (Lipinski definition) is 3. The molecule has 6 nitrogen and oxygen atoms in total. The van der Waals surface area contributed by atoms with E-state index < -0.39 is 0 Å². The summed E-state index contributed by atoms with van der Waals surface area (Å²) in [4.78, 5) is 10.5. The lowest BCUT2D eigenvalue weighted by Crippen LogP contribution is -2.38. The van der Waals surface area contributed by atoms with E-state index >= 15 is 0 Å². The smallest absolute Gasteiger partial charge is 0.213 e. The third kappa shape index (κ3) is 4.00. The van der Waals surface area contributed by atoms with Crippen LogP contribution in [0.2, 0.25) is 0 Å². The number of aryl methyl sites for hydroxylation is 1. The van der Waals surface area contributed by atoms with Crippen molar-refractivity contribution in [3.8, 4) is 5.88 Å². The maximum atomic E-state index is 5.14. The summed E-state index contributed by atoms with van der Waals surface area (Å²) in [6.07, 6.45) is 3.79. The van der Waals surface area contributed by atoms with E-state index in [1.807, 2.05) is 38.5 Å². The van der Waals surface area contributed by atoms with Crippen LogP contribution < -0.4 is 10.1 Å². The van der Waals surface area contributed by atoms with Crippen LogP contribution in [0.5, 0.6) is 5.88 Å². The third-order valence-corrected chi connectivity index (χ3v) is 3.48. The van der Waals surface area contributed by atoms with Gasteiger partial charge in [-0.15, -0.1) is 0 Å². The van der Waals surface area contributed by atoms with Crippen molar-refractivity contribution in [2.24, 2.45) is 12.0 Å². The SMILES string of the molecule is CN=C(NCc1ccnc(OC)c1)N(C)Cc1cccn1C. The van der Waals surface area contributed by atoms with E-state index in [9.17, 15) is 0 Å². The third-order valence-electron chi connectivity index (χ3n) is 3.48. The Morgan fingerprint density at radius 2 is 2.27 bits per heavy atom. The summed E-state index contributed by atoms with van der Waals surface area (Å²) in [6.45, 7) is 1.46. The van der Waals surface area contributed by atoms with Gasteiger partial charge in [-0.3, -0.25) is 4.99 Å². The van der Waals surface area contributed by atoms with Crippen molar-refractivity contribution in [2.75, 3.05) is 21.2 Å². The highest BCUT2D eigenvalue weighted by Gasteiger charge is 2.08. The van der Waals surface area contributed by atoms with E-state index in [1.165, 1.54) is 5.69 Å². The maximum absolute atomic E-state index is 5.14. The molecule has 118 valence electrons. The summed E-state index contributed by atoms with van der Waals surface area (Å²) in [5.41, 5.74) is 2.33. The van der Waals surface area contributed by atoms with Gasteiger partial charge in [0.15, 0.2) is 5.96 Å². The number of hydrogen-bond donors (Lipinski definition) is 1. The zero-order valence-corrected chi connectivity index (χ0v) is 13.6. The zero-order valence-electron chi connectivity index (χ0n) is 13.6. The van der Waals surface area contributed by atoms with Crippen molar-refractivity contribution < 1.29 is 4.74 Å². The maximum Gasteiger partial charge on any atom is 0.213 e. The first kappa shape index (κ1) is 15.9. The number of aromatic nitrogens is 2. The van der Waals surface area contributed by atoms with Crippen LogP contribution in [-0.4, -0.2) is 41.6 Å². The van der Waals surface area contributed by atoms with Gasteiger partial charge in [0.2, 0.25) is 5.88 Å². The number of nitrogens with zero attached hydrogens (tertiary/aromatic N) is 4. The van der Waals surface area contributed by atoms with E-state index in [1.54, 1.807) is 20.4 Å². The fourth-order valence-electron chi connectivity index (χ4n) is 2.22. The van der Waals surface area contributed by atoms with Crippen LogP contribution in [0.3, 0.4) is 0 Å². The lowest BCUT2D eigenvalue weighted by atomic mass is 10.2. The Bertz CT molecular complexity index is 635. The molecule has 0 saturated heterocycles. The molecule has 0 radical (unpaired) electrons. The first-order chi connectivity index (χ1) is 10.6. The van der Waals surface area contributed by atoms with Gasteiger partial charge >= 0.3 is 0 Å². The van der Waals surface area contributed by atoms with Gasteiger partial charge in [-0.25, -0.2) is 4.98 Å². The molecule has 0 unspecified atom stereocenters. The normalized spacial score (nSPS) is 11.4. The van der Waals surface area contributed by atoms with Crippen LogP contribution in [0.4, 0.5) is 0 Å². The quantitative estimate of drug-likeness (QED) is 0.674. The van der Waals surface area contributed by atoms with Crippen LogP contribution >= 0.6 is 0 Å². The Morgan fingerprint density at radius 1 is 1.45 bits per heavy atom. The second-order valence-corrected chi connectivity index (χ2v) is 5.07. The number of guanidine groups is 1. The van der Waals surface area contributed by atoms with E-state index in [0.717, 1.165) is 18.1 Å². The average molecular weight is 301 g/mol. The molecule has 0 spiro atoms. The average Bonchev–Trinajstić information content (AvgIpc) is 2.93. The number of pyridine rings is 1. The number of nitrogens with one attached hydrogen (secondary N) is 1. The predicted molar refractivity (Wildman–Crippen MR) is 87.9 cm³/mol. The molecule has 0 saturated carbocycles. The molecule has 0 aliphatic carbocycles. The second-order valence-electron chi connectivity index (χ2n) is 5.07. The van der Waals surface area contributed by atoms with Gasteiger partial charge in [0.25, 0.3) is 0 Å². The monoisotopic (exact) mass is 301 g/mol. The highest BCUT2D eigenvalue weighted by molar-refractivity contribution is 5.79. The molecule has 0 amide bonds. The molecule has 2 aromatic heterocycles. The molecule has 2 heterocycles. The molecule has 0 bridgehead atoms. The Labute approximate surface area is 131 Å². The van der Waals surface area contributed by atoms with E-state index in [4.69, 9.17) is 4.74 Å². The topological polar surface area (TPSA) is 54.7 Å². The summed E-state index contributed by atoms with van der Waals surface area (Å²) in [5.74, 6) is 1.46. The largest absolute Gasteiger partial charge is 0.481 e. The highest BCUT2D eigenvalue weighted by Crippen LogP contribution is 2.08. The molecule has 2 aromatic rings. The first-order valence-corrected chi connectivity index (χ1v) is 7.15. The molecule has 0 aromatic carbocycles. The number of ether oxygens (including phenoxy) is 1. The summed E-state index contributed by atoms with van der Waals surface area (Å²) < 4.78 is 7.25. The molecule has 0 aliphatic rings. The van der Waals surface area contributed by atoms with Crippen LogP contribution in [0.1, 0.15) is 11.3 Å². The van der Waals surface area contributed by atoms with Crippen molar-refractivity contribution in [3.05, 3.63) is 47.9 Å². The van der Waals surface area contributed by atoms with Crippen molar-refractivity contribution in [1.82, 2.24) is 19.8 Å². The Hall–Kier alpha value is -2.50. The summed E-state index contributed by atoms with van der Waals surface area (Å²) in [7, 11) is 7.47. The molecule has 1 N–H and O–H groups in total. The zero-order chi connectivity index (χ0) is 15.9. The van der Waals surface area contributed by atoms with Crippen molar-refractivity contribution in [3.63, 3.8) is 0 Å². The summed E-state index contributed by atoms with van der Waals surface area (Å²) in [6, 6.07) is 8.03. The summed E-state index contributed by atoms with van der Waals surface area (Å²) >= 11 is 0. The Morgan fingerprint density at radius 3 is 2.91 bits per heavy atom. The van der Waals surface area contributed by atoms with Crippen LogP contribution in [0, 0.1) is 0 Å². The second kappa shape index (κ2) is 7.49. The minimum Gasteiger partial charge on any atom is -0.481 e. The van der Waals surface area contributed by atoms with Gasteiger partial charge in [-0.1, -0.05) is 0 Å². The number of aliphatic imine (C=N–C) groups is 1. The fourth-order valence-corrected chi connectivity index (χ4v) is 2.22. The molecule has 22 heavy (non-hydrogen) atoms. The van der Waals surface area contributed by atoms with Gasteiger partial charge in [-0.2, -0.15) is 0 Å². The lowest BCUT2D eigenvalue weighted by Gasteiger charge is -2.22.